The van der Waals surface area contributed by atoms with Crippen molar-refractivity contribution in [2.75, 3.05) is 0 Å². The Labute approximate surface area is 165 Å². The van der Waals surface area contributed by atoms with E-state index < -0.39 is 0 Å². The molecule has 0 spiro atoms. The zero-order valence-electron chi connectivity index (χ0n) is 16.1. The smallest absolute Gasteiger partial charge is 0.223 e. The maximum absolute atomic E-state index is 12.5. The summed E-state index contributed by atoms with van der Waals surface area (Å²) < 4.78 is 0. The highest BCUT2D eigenvalue weighted by Crippen LogP contribution is 2.34. The quantitative estimate of drug-likeness (QED) is 0.311. The van der Waals surface area contributed by atoms with Crippen molar-refractivity contribution in [3.63, 3.8) is 0 Å². The Morgan fingerprint density at radius 1 is 1.14 bits per heavy atom. The van der Waals surface area contributed by atoms with Gasteiger partial charge in [0.1, 0.15) is 0 Å². The van der Waals surface area contributed by atoms with E-state index in [2.05, 4.69) is 41.6 Å². The molecule has 0 radical (unpaired) electrons. The molecule has 6 nitrogen and oxygen atoms in total. The fourth-order valence-electron chi connectivity index (χ4n) is 3.07. The molecule has 0 saturated heterocycles. The number of benzene rings is 2. The maximum atomic E-state index is 12.5. The maximum Gasteiger partial charge on any atom is 0.223 e. The van der Waals surface area contributed by atoms with Gasteiger partial charge in [-0.15, -0.1) is 0 Å². The molecule has 0 unspecified atom stereocenters. The highest BCUT2D eigenvalue weighted by molar-refractivity contribution is 5.84. The van der Waals surface area contributed by atoms with Crippen molar-refractivity contribution < 1.29 is 4.79 Å². The molecule has 2 aromatic rings. The first kappa shape index (κ1) is 19.4. The fourth-order valence-corrected chi connectivity index (χ4v) is 3.07. The Morgan fingerprint density at radius 2 is 1.79 bits per heavy atom. The molecular formula is C22H25N5O. The third kappa shape index (κ3) is 4.68. The summed E-state index contributed by atoms with van der Waals surface area (Å²) in [5.74, 6) is 0.595. The number of nitrogens with zero attached hydrogens (tertiary/aromatic N) is 2. The average Bonchev–Trinajstić information content (AvgIpc) is 3.52. The van der Waals surface area contributed by atoms with E-state index in [0.717, 1.165) is 24.0 Å². The summed E-state index contributed by atoms with van der Waals surface area (Å²) in [6.07, 6.45) is 3.63. The van der Waals surface area contributed by atoms with Gasteiger partial charge >= 0.3 is 0 Å². The van der Waals surface area contributed by atoms with Crippen molar-refractivity contribution in [1.29, 1.82) is 5.26 Å². The Bertz CT molecular complexity index is 907. The number of aliphatic imine (C=N–C) groups is 1. The number of amides is 1. The monoisotopic (exact) mass is 375 g/mol. The zero-order valence-corrected chi connectivity index (χ0v) is 16.1. The molecule has 0 aromatic heterocycles. The van der Waals surface area contributed by atoms with Gasteiger partial charge in [0.15, 0.2) is 6.19 Å². The molecule has 6 heteroatoms. The van der Waals surface area contributed by atoms with Crippen LogP contribution in [0.4, 0.5) is 5.69 Å². The Balaban J connectivity index is 2.00. The predicted octanol–water partition coefficient (Wildman–Crippen LogP) is 3.44. The summed E-state index contributed by atoms with van der Waals surface area (Å²) in [7, 11) is 0. The summed E-state index contributed by atoms with van der Waals surface area (Å²) in [6.45, 7) is 4.30. The third-order valence-electron chi connectivity index (χ3n) is 4.84. The van der Waals surface area contributed by atoms with Gasteiger partial charge in [0, 0.05) is 11.5 Å². The van der Waals surface area contributed by atoms with Crippen LogP contribution in [-0.2, 0) is 4.79 Å². The molecule has 4 N–H and O–H groups in total. The molecule has 3 rings (SSSR count). The normalized spacial score (nSPS) is 15.0. The Kier molecular flexibility index (Phi) is 5.95. The minimum Gasteiger partial charge on any atom is -0.369 e. The van der Waals surface area contributed by atoms with E-state index in [1.54, 1.807) is 6.19 Å². The molecule has 1 saturated carbocycles. The van der Waals surface area contributed by atoms with Crippen molar-refractivity contribution in [3.8, 4) is 6.19 Å². The summed E-state index contributed by atoms with van der Waals surface area (Å²) in [6, 6.07) is 15.4. The molecule has 1 aliphatic rings. The van der Waals surface area contributed by atoms with Crippen LogP contribution in [0.25, 0.3) is 0 Å². The number of carbonyl (C=O) groups is 1. The van der Waals surface area contributed by atoms with Crippen LogP contribution in [-0.4, -0.2) is 11.9 Å². The van der Waals surface area contributed by atoms with E-state index in [9.17, 15) is 4.79 Å². The van der Waals surface area contributed by atoms with E-state index in [4.69, 9.17) is 11.0 Å². The van der Waals surface area contributed by atoms with Crippen molar-refractivity contribution in [2.24, 2.45) is 16.6 Å². The van der Waals surface area contributed by atoms with E-state index in [1.807, 2.05) is 36.4 Å². The van der Waals surface area contributed by atoms with Crippen LogP contribution >= 0.6 is 0 Å². The van der Waals surface area contributed by atoms with Crippen LogP contribution in [0, 0.1) is 17.4 Å². The fraction of sp³-hybridized carbons (Fsp3) is 0.318. The Morgan fingerprint density at radius 3 is 2.39 bits per heavy atom. The van der Waals surface area contributed by atoms with Gasteiger partial charge in [-0.25, -0.2) is 4.99 Å². The van der Waals surface area contributed by atoms with Gasteiger partial charge in [-0.3, -0.25) is 10.1 Å². The molecule has 2 aromatic carbocycles. The van der Waals surface area contributed by atoms with Gasteiger partial charge in [-0.2, -0.15) is 5.26 Å². The predicted molar refractivity (Wildman–Crippen MR) is 110 cm³/mol. The van der Waals surface area contributed by atoms with Crippen LogP contribution < -0.4 is 16.4 Å². The lowest BCUT2D eigenvalue weighted by Gasteiger charge is -2.22. The number of para-hydroxylation sites is 1. The molecule has 1 fully saturated rings. The number of carbonyl (C=O) groups excluding carboxylic acids is 1. The van der Waals surface area contributed by atoms with Crippen LogP contribution in [0.15, 0.2) is 53.5 Å². The average molecular weight is 375 g/mol. The van der Waals surface area contributed by atoms with E-state index in [-0.39, 0.29) is 23.8 Å². The molecule has 0 bridgehead atoms. The first-order valence-corrected chi connectivity index (χ1v) is 9.48. The molecule has 0 heterocycles. The minimum absolute atomic E-state index is 0.0115. The zero-order chi connectivity index (χ0) is 20.1. The number of nitrogens with one attached hydrogen (secondary N) is 2. The van der Waals surface area contributed by atoms with Crippen molar-refractivity contribution >= 4 is 17.6 Å². The van der Waals surface area contributed by atoms with E-state index in [0.29, 0.717) is 11.6 Å². The molecule has 28 heavy (non-hydrogen) atoms. The highest BCUT2D eigenvalue weighted by atomic mass is 16.2. The standard InChI is InChI=1S/C22H25N5O/c1-14(2)15-7-9-16(10-8-15)20(27-21(28)17-11-12-17)18-5-3-4-6-19(18)26-22(24)25-13-23/h3-10,14,17,20H,11-12H2,1-2H3,(H,27,28)(H3,24,25,26)/t20-/m1/s1. The van der Waals surface area contributed by atoms with Crippen LogP contribution in [0.3, 0.4) is 0 Å². The van der Waals surface area contributed by atoms with Gasteiger partial charge < -0.3 is 11.1 Å². The highest BCUT2D eigenvalue weighted by Gasteiger charge is 2.32. The largest absolute Gasteiger partial charge is 0.369 e. The molecule has 144 valence electrons. The van der Waals surface area contributed by atoms with Crippen molar-refractivity contribution in [2.45, 2.75) is 38.6 Å². The third-order valence-corrected chi connectivity index (χ3v) is 4.84. The first-order valence-electron chi connectivity index (χ1n) is 9.48. The second kappa shape index (κ2) is 8.57. The lowest BCUT2D eigenvalue weighted by Crippen LogP contribution is -2.31. The number of rotatable bonds is 6. The van der Waals surface area contributed by atoms with Crippen molar-refractivity contribution in [3.05, 3.63) is 65.2 Å². The second-order valence-corrected chi connectivity index (χ2v) is 7.33. The van der Waals surface area contributed by atoms with Crippen LogP contribution in [0.5, 0.6) is 0 Å². The lowest BCUT2D eigenvalue weighted by molar-refractivity contribution is -0.122. The topological polar surface area (TPSA) is 103 Å². The summed E-state index contributed by atoms with van der Waals surface area (Å²) in [5.41, 5.74) is 9.42. The SMILES string of the molecule is CC(C)c1ccc([C@@H](NC(=O)C2CC2)c2ccccc2N=C(N)NC#N)cc1. The van der Waals surface area contributed by atoms with E-state index in [1.165, 1.54) is 5.56 Å². The minimum atomic E-state index is -0.343. The number of guanidine groups is 1. The number of hydrogen-bond donors (Lipinski definition) is 3. The van der Waals surface area contributed by atoms with Gasteiger partial charge in [0.25, 0.3) is 0 Å². The van der Waals surface area contributed by atoms with Gasteiger partial charge in [-0.1, -0.05) is 56.3 Å². The van der Waals surface area contributed by atoms with Crippen LogP contribution in [0.1, 0.15) is 55.3 Å². The number of nitrogens with two attached hydrogens (primary N) is 1. The number of nitriles is 1. The van der Waals surface area contributed by atoms with Gasteiger partial charge in [0.2, 0.25) is 11.9 Å². The Hall–Kier alpha value is -3.33. The van der Waals surface area contributed by atoms with E-state index >= 15 is 0 Å². The van der Waals surface area contributed by atoms with Crippen molar-refractivity contribution in [1.82, 2.24) is 10.6 Å². The van der Waals surface area contributed by atoms with Gasteiger partial charge in [0.05, 0.1) is 11.7 Å². The molecular weight excluding hydrogens is 350 g/mol. The first-order chi connectivity index (χ1) is 13.5. The summed E-state index contributed by atoms with van der Waals surface area (Å²) in [5, 5.41) is 14.3. The number of hydrogen-bond acceptors (Lipinski definition) is 3. The molecule has 0 aliphatic heterocycles. The summed E-state index contributed by atoms with van der Waals surface area (Å²) >= 11 is 0. The molecule has 1 atom stereocenters. The van der Waals surface area contributed by atoms with Gasteiger partial charge in [-0.05, 0) is 36.0 Å². The molecule has 1 aliphatic carbocycles. The lowest BCUT2D eigenvalue weighted by atomic mass is 9.94. The molecule has 1 amide bonds. The van der Waals surface area contributed by atoms with Crippen LogP contribution in [0.2, 0.25) is 0 Å². The summed E-state index contributed by atoms with van der Waals surface area (Å²) in [4.78, 5) is 16.9. The second-order valence-electron chi connectivity index (χ2n) is 7.33.